The van der Waals surface area contributed by atoms with E-state index in [4.69, 9.17) is 4.74 Å². The first-order valence-electron chi connectivity index (χ1n) is 5.85. The third kappa shape index (κ3) is 3.28. The van der Waals surface area contributed by atoms with E-state index in [1.165, 1.54) is 0 Å². The molecule has 1 N–H and O–H groups in total. The molecule has 2 heterocycles. The Labute approximate surface area is 115 Å². The number of aromatic nitrogens is 2. The molecule has 0 atom stereocenters. The second-order valence-corrected chi connectivity index (χ2v) is 6.32. The topological polar surface area (TPSA) is 47.0 Å². The van der Waals surface area contributed by atoms with Gasteiger partial charge in [0.05, 0.1) is 7.11 Å². The summed E-state index contributed by atoms with van der Waals surface area (Å²) in [5, 5.41) is 15.7. The summed E-state index contributed by atoms with van der Waals surface area (Å²) in [5.41, 5.74) is 0. The van der Waals surface area contributed by atoms with Crippen LogP contribution in [0.25, 0.3) is 9.88 Å². The lowest BCUT2D eigenvalue weighted by molar-refractivity contribution is 0.418. The normalized spacial score (nSPS) is 11.1. The van der Waals surface area contributed by atoms with E-state index in [2.05, 4.69) is 29.4 Å². The highest BCUT2D eigenvalue weighted by Crippen LogP contribution is 2.36. The lowest BCUT2D eigenvalue weighted by Crippen LogP contribution is -2.18. The monoisotopic (exact) mass is 283 g/mol. The minimum Gasteiger partial charge on any atom is -0.495 e. The third-order valence-electron chi connectivity index (χ3n) is 2.34. The van der Waals surface area contributed by atoms with Crippen LogP contribution in [0.5, 0.6) is 5.75 Å². The number of hydrogen-bond acceptors (Lipinski definition) is 6. The van der Waals surface area contributed by atoms with E-state index < -0.39 is 0 Å². The van der Waals surface area contributed by atoms with Gasteiger partial charge in [0.25, 0.3) is 0 Å². The zero-order valence-electron chi connectivity index (χ0n) is 10.8. The fraction of sp³-hybridized carbons (Fsp3) is 0.500. The van der Waals surface area contributed by atoms with Gasteiger partial charge in [-0.1, -0.05) is 25.2 Å². The summed E-state index contributed by atoms with van der Waals surface area (Å²) in [5.74, 6) is 1.52. The highest BCUT2D eigenvalue weighted by atomic mass is 32.1. The lowest BCUT2D eigenvalue weighted by atomic mass is 10.2. The van der Waals surface area contributed by atoms with Crippen LogP contribution < -0.4 is 10.1 Å². The van der Waals surface area contributed by atoms with Crippen LogP contribution in [0.15, 0.2) is 11.4 Å². The Morgan fingerprint density at radius 2 is 2.22 bits per heavy atom. The van der Waals surface area contributed by atoms with Crippen molar-refractivity contribution in [2.24, 2.45) is 5.92 Å². The molecule has 0 fully saturated rings. The van der Waals surface area contributed by atoms with E-state index >= 15 is 0 Å². The van der Waals surface area contributed by atoms with Gasteiger partial charge in [-0.3, -0.25) is 0 Å². The van der Waals surface area contributed by atoms with Crippen molar-refractivity contribution in [1.82, 2.24) is 15.5 Å². The van der Waals surface area contributed by atoms with E-state index in [-0.39, 0.29) is 0 Å². The molecular weight excluding hydrogens is 266 g/mol. The van der Waals surface area contributed by atoms with Crippen molar-refractivity contribution in [3.8, 4) is 15.6 Å². The van der Waals surface area contributed by atoms with E-state index in [1.807, 2.05) is 11.4 Å². The van der Waals surface area contributed by atoms with Crippen LogP contribution in [0, 0.1) is 5.92 Å². The zero-order valence-corrected chi connectivity index (χ0v) is 12.4. The zero-order chi connectivity index (χ0) is 13.0. The van der Waals surface area contributed by atoms with Crippen LogP contribution >= 0.6 is 22.7 Å². The Balaban J connectivity index is 2.02. The van der Waals surface area contributed by atoms with Crippen LogP contribution in [0.1, 0.15) is 18.9 Å². The fourth-order valence-corrected chi connectivity index (χ4v) is 3.26. The molecule has 0 bridgehead atoms. The average molecular weight is 283 g/mol. The van der Waals surface area contributed by atoms with Gasteiger partial charge in [0.15, 0.2) is 5.01 Å². The summed E-state index contributed by atoms with van der Waals surface area (Å²) < 4.78 is 5.30. The number of ether oxygens (including phenoxy) is 1. The number of rotatable bonds is 6. The van der Waals surface area contributed by atoms with Gasteiger partial charge < -0.3 is 10.1 Å². The first kappa shape index (κ1) is 13.5. The largest absolute Gasteiger partial charge is 0.495 e. The van der Waals surface area contributed by atoms with E-state index in [0.29, 0.717) is 5.92 Å². The molecule has 6 heteroatoms. The summed E-state index contributed by atoms with van der Waals surface area (Å²) in [4.78, 5) is 1.06. The third-order valence-corrected chi connectivity index (χ3v) is 4.31. The SMILES string of the molecule is COc1ccsc1-c1nnc(CNCC(C)C)s1. The molecule has 2 aromatic rings. The molecule has 18 heavy (non-hydrogen) atoms. The van der Waals surface area contributed by atoms with Crippen LogP contribution in [-0.2, 0) is 6.54 Å². The van der Waals surface area contributed by atoms with E-state index in [0.717, 1.165) is 33.7 Å². The molecule has 0 amide bonds. The fourth-order valence-electron chi connectivity index (χ4n) is 1.50. The molecule has 0 aliphatic rings. The molecule has 4 nitrogen and oxygen atoms in total. The van der Waals surface area contributed by atoms with Crippen molar-refractivity contribution in [3.63, 3.8) is 0 Å². The lowest BCUT2D eigenvalue weighted by Gasteiger charge is -2.03. The quantitative estimate of drug-likeness (QED) is 0.885. The molecule has 0 saturated heterocycles. The Kier molecular flexibility index (Phi) is 4.68. The van der Waals surface area contributed by atoms with Gasteiger partial charge in [0, 0.05) is 6.54 Å². The van der Waals surface area contributed by atoms with E-state index in [9.17, 15) is 0 Å². The van der Waals surface area contributed by atoms with Crippen LogP contribution in [0.3, 0.4) is 0 Å². The van der Waals surface area contributed by atoms with Crippen LogP contribution in [0.4, 0.5) is 0 Å². The average Bonchev–Trinajstić information content (AvgIpc) is 2.95. The number of nitrogens with zero attached hydrogens (tertiary/aromatic N) is 2. The molecule has 0 unspecified atom stereocenters. The molecule has 0 radical (unpaired) electrons. The van der Waals surface area contributed by atoms with Crippen LogP contribution in [0.2, 0.25) is 0 Å². The number of hydrogen-bond donors (Lipinski definition) is 1. The molecular formula is C12H17N3OS2. The number of thiophene rings is 1. The first-order valence-corrected chi connectivity index (χ1v) is 7.55. The predicted molar refractivity (Wildman–Crippen MR) is 76.3 cm³/mol. The van der Waals surface area contributed by atoms with Gasteiger partial charge >= 0.3 is 0 Å². The van der Waals surface area contributed by atoms with Gasteiger partial charge in [-0.25, -0.2) is 0 Å². The Morgan fingerprint density at radius 1 is 1.39 bits per heavy atom. The second kappa shape index (κ2) is 6.26. The Morgan fingerprint density at radius 3 is 2.94 bits per heavy atom. The summed E-state index contributed by atoms with van der Waals surface area (Å²) in [7, 11) is 1.68. The van der Waals surface area contributed by atoms with E-state index in [1.54, 1.807) is 29.8 Å². The standard InChI is InChI=1S/C12H17N3OS2/c1-8(2)6-13-7-10-14-15-12(18-10)11-9(16-3)4-5-17-11/h4-5,8,13H,6-7H2,1-3H3. The molecule has 0 spiro atoms. The highest BCUT2D eigenvalue weighted by molar-refractivity contribution is 7.21. The summed E-state index contributed by atoms with van der Waals surface area (Å²) >= 11 is 3.25. The summed E-state index contributed by atoms with van der Waals surface area (Å²) in [6.07, 6.45) is 0. The Hall–Kier alpha value is -0.980. The minimum atomic E-state index is 0.648. The molecule has 0 aromatic carbocycles. The second-order valence-electron chi connectivity index (χ2n) is 4.34. The summed E-state index contributed by atoms with van der Waals surface area (Å²) in [6.45, 7) is 6.16. The van der Waals surface area contributed by atoms with Crippen molar-refractivity contribution < 1.29 is 4.74 Å². The van der Waals surface area contributed by atoms with Crippen LogP contribution in [-0.4, -0.2) is 23.9 Å². The van der Waals surface area contributed by atoms with Crippen molar-refractivity contribution in [2.75, 3.05) is 13.7 Å². The molecule has 0 aliphatic carbocycles. The minimum absolute atomic E-state index is 0.648. The van der Waals surface area contributed by atoms with Crippen molar-refractivity contribution in [1.29, 1.82) is 0 Å². The molecule has 2 aromatic heterocycles. The van der Waals surface area contributed by atoms with Gasteiger partial charge in [0.2, 0.25) is 0 Å². The van der Waals surface area contributed by atoms with Gasteiger partial charge in [-0.05, 0) is 23.9 Å². The first-order chi connectivity index (χ1) is 8.70. The van der Waals surface area contributed by atoms with Gasteiger partial charge in [-0.15, -0.1) is 21.5 Å². The molecule has 0 aliphatic heterocycles. The number of methoxy groups -OCH3 is 1. The molecule has 0 saturated carbocycles. The van der Waals surface area contributed by atoms with Crippen molar-refractivity contribution in [3.05, 3.63) is 16.5 Å². The van der Waals surface area contributed by atoms with Crippen molar-refractivity contribution in [2.45, 2.75) is 20.4 Å². The maximum absolute atomic E-state index is 5.30. The summed E-state index contributed by atoms with van der Waals surface area (Å²) in [6, 6.07) is 1.96. The van der Waals surface area contributed by atoms with Crippen molar-refractivity contribution >= 4 is 22.7 Å². The smallest absolute Gasteiger partial charge is 0.161 e. The molecule has 98 valence electrons. The number of nitrogens with one attached hydrogen (secondary N) is 1. The predicted octanol–water partition coefficient (Wildman–Crippen LogP) is 3.02. The maximum atomic E-state index is 5.30. The highest BCUT2D eigenvalue weighted by Gasteiger charge is 2.12. The maximum Gasteiger partial charge on any atom is 0.161 e. The van der Waals surface area contributed by atoms with Gasteiger partial charge in [-0.2, -0.15) is 0 Å². The van der Waals surface area contributed by atoms with Gasteiger partial charge in [0.1, 0.15) is 15.6 Å². The molecule has 2 rings (SSSR count). The Bertz CT molecular complexity index is 493.